The molecule has 0 aliphatic heterocycles. The molecular weight excluding hydrogens is 222 g/mol. The molecule has 0 atom stereocenters. The molecule has 3 nitrogen and oxygen atoms in total. The second-order valence-corrected chi connectivity index (χ2v) is 6.41. The lowest BCUT2D eigenvalue weighted by molar-refractivity contribution is 0.421. The van der Waals surface area contributed by atoms with Crippen LogP contribution in [-0.4, -0.2) is 24.1 Å². The van der Waals surface area contributed by atoms with E-state index in [4.69, 9.17) is 4.98 Å². The largest absolute Gasteiger partial charge is 0.359 e. The first-order valence-corrected chi connectivity index (χ1v) is 6.86. The summed E-state index contributed by atoms with van der Waals surface area (Å²) in [6.45, 7) is 8.50. The van der Waals surface area contributed by atoms with Crippen LogP contribution < -0.4 is 10.2 Å². The minimum absolute atomic E-state index is 0.137. The van der Waals surface area contributed by atoms with Gasteiger partial charge in [0.1, 0.15) is 5.82 Å². The first kappa shape index (κ1) is 13.3. The maximum Gasteiger partial charge on any atom is 0.128 e. The third-order valence-corrected chi connectivity index (χ3v) is 3.21. The number of aromatic nitrogens is 1. The standard InChI is InChI=1S/C15H25N3/c1-15(2,3)16-10-13-6-5-7-14(17-13)18(4)11-12-8-9-12/h5-7,12,16H,8-11H2,1-4H3. The van der Waals surface area contributed by atoms with E-state index in [0.29, 0.717) is 0 Å². The number of nitrogens with zero attached hydrogens (tertiary/aromatic N) is 2. The Balaban J connectivity index is 1.95. The fraction of sp³-hybridized carbons (Fsp3) is 0.667. The van der Waals surface area contributed by atoms with E-state index in [1.807, 2.05) is 0 Å². The number of hydrogen-bond acceptors (Lipinski definition) is 3. The van der Waals surface area contributed by atoms with E-state index in [9.17, 15) is 0 Å². The summed E-state index contributed by atoms with van der Waals surface area (Å²) in [6, 6.07) is 6.29. The summed E-state index contributed by atoms with van der Waals surface area (Å²) < 4.78 is 0. The van der Waals surface area contributed by atoms with Gasteiger partial charge in [-0.15, -0.1) is 0 Å². The van der Waals surface area contributed by atoms with Gasteiger partial charge in [-0.2, -0.15) is 0 Å². The van der Waals surface area contributed by atoms with Crippen LogP contribution in [0.5, 0.6) is 0 Å². The van der Waals surface area contributed by atoms with Crippen LogP contribution in [0.2, 0.25) is 0 Å². The molecule has 1 aromatic rings. The van der Waals surface area contributed by atoms with Crippen molar-refractivity contribution in [1.29, 1.82) is 0 Å². The van der Waals surface area contributed by atoms with Crippen LogP contribution in [0.3, 0.4) is 0 Å². The van der Waals surface area contributed by atoms with Crippen molar-refractivity contribution in [2.45, 2.75) is 45.7 Å². The molecule has 0 saturated heterocycles. The van der Waals surface area contributed by atoms with E-state index in [0.717, 1.165) is 30.5 Å². The molecule has 1 N–H and O–H groups in total. The summed E-state index contributed by atoms with van der Waals surface area (Å²) in [6.07, 6.45) is 2.77. The van der Waals surface area contributed by atoms with Crippen LogP contribution in [0.25, 0.3) is 0 Å². The molecule has 2 rings (SSSR count). The summed E-state index contributed by atoms with van der Waals surface area (Å²) >= 11 is 0. The molecule has 0 unspecified atom stereocenters. The molecule has 18 heavy (non-hydrogen) atoms. The second kappa shape index (κ2) is 5.27. The van der Waals surface area contributed by atoms with Crippen molar-refractivity contribution in [2.24, 2.45) is 5.92 Å². The molecule has 1 aromatic heterocycles. The van der Waals surface area contributed by atoms with E-state index in [-0.39, 0.29) is 5.54 Å². The predicted molar refractivity (Wildman–Crippen MR) is 76.8 cm³/mol. The lowest BCUT2D eigenvalue weighted by Crippen LogP contribution is -2.35. The molecule has 0 spiro atoms. The highest BCUT2D eigenvalue weighted by molar-refractivity contribution is 5.38. The topological polar surface area (TPSA) is 28.2 Å². The van der Waals surface area contributed by atoms with E-state index >= 15 is 0 Å². The zero-order chi connectivity index (χ0) is 13.2. The number of nitrogens with one attached hydrogen (secondary N) is 1. The minimum atomic E-state index is 0.137. The van der Waals surface area contributed by atoms with Gasteiger partial charge in [-0.25, -0.2) is 4.98 Å². The minimum Gasteiger partial charge on any atom is -0.359 e. The Bertz CT molecular complexity index is 391. The van der Waals surface area contributed by atoms with Crippen molar-refractivity contribution < 1.29 is 0 Å². The number of hydrogen-bond donors (Lipinski definition) is 1. The molecule has 0 bridgehead atoms. The summed E-state index contributed by atoms with van der Waals surface area (Å²) in [7, 11) is 2.14. The van der Waals surface area contributed by atoms with Crippen LogP contribution >= 0.6 is 0 Å². The first-order valence-electron chi connectivity index (χ1n) is 6.86. The lowest BCUT2D eigenvalue weighted by Gasteiger charge is -2.22. The average Bonchev–Trinajstić information content (AvgIpc) is 3.10. The Morgan fingerprint density at radius 1 is 1.33 bits per heavy atom. The first-order chi connectivity index (χ1) is 8.44. The molecule has 1 aliphatic rings. The van der Waals surface area contributed by atoms with Gasteiger partial charge in [0.15, 0.2) is 0 Å². The van der Waals surface area contributed by atoms with Gasteiger partial charge >= 0.3 is 0 Å². The van der Waals surface area contributed by atoms with Gasteiger partial charge in [-0.05, 0) is 51.7 Å². The molecule has 1 saturated carbocycles. The quantitative estimate of drug-likeness (QED) is 0.867. The van der Waals surface area contributed by atoms with Gasteiger partial charge in [0.25, 0.3) is 0 Å². The van der Waals surface area contributed by atoms with Crippen molar-refractivity contribution in [1.82, 2.24) is 10.3 Å². The van der Waals surface area contributed by atoms with Gasteiger partial charge in [0.2, 0.25) is 0 Å². The van der Waals surface area contributed by atoms with Gasteiger partial charge in [0.05, 0.1) is 5.69 Å². The molecule has 100 valence electrons. The van der Waals surface area contributed by atoms with Crippen molar-refractivity contribution in [2.75, 3.05) is 18.5 Å². The summed E-state index contributed by atoms with van der Waals surface area (Å²) in [4.78, 5) is 7.00. The normalized spacial score (nSPS) is 15.8. The highest BCUT2D eigenvalue weighted by Gasteiger charge is 2.23. The number of anilines is 1. The van der Waals surface area contributed by atoms with Crippen LogP contribution in [0.15, 0.2) is 18.2 Å². The monoisotopic (exact) mass is 247 g/mol. The Labute approximate surface area is 111 Å². The average molecular weight is 247 g/mol. The molecule has 1 heterocycles. The van der Waals surface area contributed by atoms with Gasteiger partial charge in [-0.3, -0.25) is 0 Å². The zero-order valence-corrected chi connectivity index (χ0v) is 12.0. The Kier molecular flexibility index (Phi) is 3.91. The van der Waals surface area contributed by atoms with E-state index in [2.05, 4.69) is 56.2 Å². The van der Waals surface area contributed by atoms with Crippen LogP contribution in [-0.2, 0) is 6.54 Å². The van der Waals surface area contributed by atoms with Crippen molar-refractivity contribution in [3.8, 4) is 0 Å². The Morgan fingerprint density at radius 2 is 2.06 bits per heavy atom. The summed E-state index contributed by atoms with van der Waals surface area (Å²) in [5.74, 6) is 1.99. The third-order valence-electron chi connectivity index (χ3n) is 3.21. The molecule has 1 fully saturated rings. The van der Waals surface area contributed by atoms with Crippen molar-refractivity contribution in [3.05, 3.63) is 23.9 Å². The fourth-order valence-electron chi connectivity index (χ4n) is 1.91. The third kappa shape index (κ3) is 4.30. The molecule has 3 heteroatoms. The maximum absolute atomic E-state index is 4.72. The number of rotatable bonds is 5. The Hall–Kier alpha value is -1.09. The molecule has 0 aromatic carbocycles. The highest BCUT2D eigenvalue weighted by Crippen LogP contribution is 2.30. The van der Waals surface area contributed by atoms with E-state index in [1.165, 1.54) is 12.8 Å². The smallest absolute Gasteiger partial charge is 0.128 e. The summed E-state index contributed by atoms with van der Waals surface area (Å²) in [5.41, 5.74) is 1.25. The second-order valence-electron chi connectivity index (χ2n) is 6.41. The number of pyridine rings is 1. The molecule has 1 aliphatic carbocycles. The summed E-state index contributed by atoms with van der Waals surface area (Å²) in [5, 5.41) is 3.48. The molecule has 0 amide bonds. The lowest BCUT2D eigenvalue weighted by atomic mass is 10.1. The van der Waals surface area contributed by atoms with E-state index < -0.39 is 0 Å². The van der Waals surface area contributed by atoms with Crippen LogP contribution in [0, 0.1) is 5.92 Å². The Morgan fingerprint density at radius 3 is 2.67 bits per heavy atom. The highest BCUT2D eigenvalue weighted by atomic mass is 15.2. The molecule has 0 radical (unpaired) electrons. The SMILES string of the molecule is CN(CC1CC1)c1cccc(CNC(C)(C)C)n1. The van der Waals surface area contributed by atoms with Crippen molar-refractivity contribution >= 4 is 5.82 Å². The van der Waals surface area contributed by atoms with Gasteiger partial charge < -0.3 is 10.2 Å². The maximum atomic E-state index is 4.72. The van der Waals surface area contributed by atoms with Crippen LogP contribution in [0.1, 0.15) is 39.3 Å². The van der Waals surface area contributed by atoms with E-state index in [1.54, 1.807) is 0 Å². The fourth-order valence-corrected chi connectivity index (χ4v) is 1.91. The molecular formula is C15H25N3. The van der Waals surface area contributed by atoms with Crippen molar-refractivity contribution in [3.63, 3.8) is 0 Å². The predicted octanol–water partition coefficient (Wildman–Crippen LogP) is 2.82. The van der Waals surface area contributed by atoms with Gasteiger partial charge in [0, 0.05) is 25.7 Å². The zero-order valence-electron chi connectivity index (χ0n) is 12.0. The van der Waals surface area contributed by atoms with Crippen LogP contribution in [0.4, 0.5) is 5.82 Å². The van der Waals surface area contributed by atoms with Gasteiger partial charge in [-0.1, -0.05) is 6.07 Å².